The maximum atomic E-state index is 14.4. The molecule has 3 aromatic rings. The number of rotatable bonds is 7. The predicted molar refractivity (Wildman–Crippen MR) is 112 cm³/mol. The lowest BCUT2D eigenvalue weighted by Gasteiger charge is -2.19. The zero-order valence-electron chi connectivity index (χ0n) is 16.9. The molecule has 1 aliphatic carbocycles. The van der Waals surface area contributed by atoms with Gasteiger partial charge in [0.05, 0.1) is 0 Å². The van der Waals surface area contributed by atoms with Gasteiger partial charge in [-0.05, 0) is 42.5 Å². The Balaban J connectivity index is 1.45. The van der Waals surface area contributed by atoms with Crippen molar-refractivity contribution >= 4 is 11.7 Å². The molecule has 154 valence electrons. The molecule has 0 saturated carbocycles. The van der Waals surface area contributed by atoms with Crippen molar-refractivity contribution in [3.05, 3.63) is 88.8 Å². The van der Waals surface area contributed by atoms with Crippen LogP contribution < -0.4 is 5.32 Å². The van der Waals surface area contributed by atoms with E-state index in [2.05, 4.69) is 10.3 Å². The summed E-state index contributed by atoms with van der Waals surface area (Å²) in [4.78, 5) is 29.5. The molecule has 0 aliphatic heterocycles. The first-order valence-electron chi connectivity index (χ1n) is 10.2. The van der Waals surface area contributed by atoms with Crippen LogP contribution in [0.5, 0.6) is 0 Å². The first-order valence-corrected chi connectivity index (χ1v) is 10.2. The molecular formula is C24H24FN3O2. The van der Waals surface area contributed by atoms with Gasteiger partial charge < -0.3 is 9.88 Å². The number of hydrogen-bond acceptors (Lipinski definition) is 3. The van der Waals surface area contributed by atoms with E-state index >= 15 is 0 Å². The molecule has 5 nitrogen and oxygen atoms in total. The fourth-order valence-electron chi connectivity index (χ4n) is 4.00. The summed E-state index contributed by atoms with van der Waals surface area (Å²) in [6.45, 7) is 0. The lowest BCUT2D eigenvalue weighted by molar-refractivity contribution is -0.121. The molecule has 1 amide bonds. The largest absolute Gasteiger partial charge is 0.342 e. The minimum Gasteiger partial charge on any atom is -0.342 e. The average Bonchev–Trinajstić information content (AvgIpc) is 3.39. The SMILES string of the molecule is Cn1ccnc1C(NC(=O)CCC(=O)c1ccc2c(c1)CCC2)c1ccccc1F. The summed E-state index contributed by atoms with van der Waals surface area (Å²) >= 11 is 0. The maximum absolute atomic E-state index is 14.4. The number of nitrogens with zero attached hydrogens (tertiary/aromatic N) is 2. The van der Waals surface area contributed by atoms with E-state index in [1.807, 2.05) is 18.2 Å². The third-order valence-corrected chi connectivity index (χ3v) is 5.64. The number of hydrogen-bond donors (Lipinski definition) is 1. The van der Waals surface area contributed by atoms with E-state index in [0.717, 1.165) is 19.3 Å². The van der Waals surface area contributed by atoms with Crippen LogP contribution in [0.4, 0.5) is 4.39 Å². The van der Waals surface area contributed by atoms with Gasteiger partial charge in [-0.2, -0.15) is 0 Å². The fraction of sp³-hybridized carbons (Fsp3) is 0.292. The number of carbonyl (C=O) groups is 2. The lowest BCUT2D eigenvalue weighted by Crippen LogP contribution is -2.31. The van der Waals surface area contributed by atoms with Crippen molar-refractivity contribution in [2.45, 2.75) is 38.1 Å². The second-order valence-electron chi connectivity index (χ2n) is 7.68. The van der Waals surface area contributed by atoms with Crippen LogP contribution in [-0.4, -0.2) is 21.2 Å². The Kier molecular flexibility index (Phi) is 5.74. The quantitative estimate of drug-likeness (QED) is 0.606. The molecule has 4 rings (SSSR count). The van der Waals surface area contributed by atoms with Crippen molar-refractivity contribution in [3.8, 4) is 0 Å². The molecule has 0 bridgehead atoms. The van der Waals surface area contributed by atoms with Gasteiger partial charge in [0.15, 0.2) is 5.78 Å². The maximum Gasteiger partial charge on any atom is 0.221 e. The Bertz CT molecular complexity index is 1090. The number of fused-ring (bicyclic) bond motifs is 1. The number of carbonyl (C=O) groups excluding carboxylic acids is 2. The second-order valence-corrected chi connectivity index (χ2v) is 7.68. The molecule has 1 aromatic heterocycles. The molecular weight excluding hydrogens is 381 g/mol. The molecule has 0 spiro atoms. The summed E-state index contributed by atoms with van der Waals surface area (Å²) in [6.07, 6.45) is 6.68. The monoisotopic (exact) mass is 405 g/mol. The molecule has 0 fully saturated rings. The Morgan fingerprint density at radius 1 is 1.13 bits per heavy atom. The first-order chi connectivity index (χ1) is 14.5. The number of amides is 1. The van der Waals surface area contributed by atoms with Crippen LogP contribution in [0.15, 0.2) is 54.9 Å². The molecule has 30 heavy (non-hydrogen) atoms. The van der Waals surface area contributed by atoms with Gasteiger partial charge in [0.1, 0.15) is 17.7 Å². The van der Waals surface area contributed by atoms with E-state index < -0.39 is 11.9 Å². The van der Waals surface area contributed by atoms with E-state index in [-0.39, 0.29) is 24.5 Å². The van der Waals surface area contributed by atoms with Crippen LogP contribution in [-0.2, 0) is 24.7 Å². The molecule has 0 saturated heterocycles. The molecule has 0 radical (unpaired) electrons. The van der Waals surface area contributed by atoms with E-state index in [9.17, 15) is 14.0 Å². The van der Waals surface area contributed by atoms with Crippen LogP contribution in [0.2, 0.25) is 0 Å². The summed E-state index contributed by atoms with van der Waals surface area (Å²) in [5, 5.41) is 2.85. The number of benzene rings is 2. The summed E-state index contributed by atoms with van der Waals surface area (Å²) < 4.78 is 16.2. The fourth-order valence-corrected chi connectivity index (χ4v) is 4.00. The lowest BCUT2D eigenvalue weighted by atomic mass is 10.0. The minimum atomic E-state index is -0.728. The van der Waals surface area contributed by atoms with Crippen LogP contribution >= 0.6 is 0 Å². The van der Waals surface area contributed by atoms with Crippen molar-refractivity contribution in [1.82, 2.24) is 14.9 Å². The van der Waals surface area contributed by atoms with Gasteiger partial charge in [-0.3, -0.25) is 9.59 Å². The van der Waals surface area contributed by atoms with E-state index in [1.165, 1.54) is 17.2 Å². The zero-order chi connectivity index (χ0) is 21.1. The predicted octanol–water partition coefficient (Wildman–Crippen LogP) is 3.92. The van der Waals surface area contributed by atoms with Gasteiger partial charge in [0, 0.05) is 43.4 Å². The van der Waals surface area contributed by atoms with Gasteiger partial charge in [-0.15, -0.1) is 0 Å². The second kappa shape index (κ2) is 8.61. The molecule has 6 heteroatoms. The van der Waals surface area contributed by atoms with Crippen molar-refractivity contribution in [1.29, 1.82) is 0 Å². The highest BCUT2D eigenvalue weighted by Gasteiger charge is 2.24. The minimum absolute atomic E-state index is 0.0330. The standard InChI is InChI=1S/C24H24FN3O2/c1-28-14-13-26-24(28)23(19-7-2-3-8-20(19)25)27-22(30)12-11-21(29)18-10-9-16-5-4-6-17(16)15-18/h2-3,7-10,13-15,23H,4-6,11-12H2,1H3,(H,27,30). The van der Waals surface area contributed by atoms with E-state index in [0.29, 0.717) is 17.0 Å². The Labute approximate surface area is 175 Å². The van der Waals surface area contributed by atoms with Crippen LogP contribution in [0, 0.1) is 5.82 Å². The smallest absolute Gasteiger partial charge is 0.221 e. The summed E-state index contributed by atoms with van der Waals surface area (Å²) in [5.74, 6) is -0.265. The van der Waals surface area contributed by atoms with Crippen molar-refractivity contribution in [2.75, 3.05) is 0 Å². The number of Topliss-reactive ketones (excluding diaryl/α,β-unsaturated/α-hetero) is 1. The number of aryl methyl sites for hydroxylation is 3. The summed E-state index contributed by atoms with van der Waals surface area (Å²) in [5.41, 5.74) is 3.54. The molecule has 1 unspecified atom stereocenters. The highest BCUT2D eigenvalue weighted by molar-refractivity contribution is 5.98. The molecule has 1 N–H and O–H groups in total. The number of ketones is 1. The van der Waals surface area contributed by atoms with Crippen molar-refractivity contribution in [3.63, 3.8) is 0 Å². The summed E-state index contributed by atoms with van der Waals surface area (Å²) in [7, 11) is 1.79. The van der Waals surface area contributed by atoms with Gasteiger partial charge in [0.2, 0.25) is 5.91 Å². The van der Waals surface area contributed by atoms with Crippen molar-refractivity contribution in [2.24, 2.45) is 7.05 Å². The van der Waals surface area contributed by atoms with Gasteiger partial charge in [0.25, 0.3) is 0 Å². The Morgan fingerprint density at radius 3 is 2.70 bits per heavy atom. The number of halogens is 1. The normalized spacial score (nSPS) is 13.7. The average molecular weight is 405 g/mol. The van der Waals surface area contributed by atoms with Gasteiger partial charge in [-0.25, -0.2) is 9.37 Å². The van der Waals surface area contributed by atoms with Crippen molar-refractivity contribution < 1.29 is 14.0 Å². The Morgan fingerprint density at radius 2 is 1.93 bits per heavy atom. The zero-order valence-corrected chi connectivity index (χ0v) is 16.9. The molecule has 1 atom stereocenters. The molecule has 1 heterocycles. The first kappa shape index (κ1) is 20.0. The van der Waals surface area contributed by atoms with E-state index in [4.69, 9.17) is 0 Å². The van der Waals surface area contributed by atoms with E-state index in [1.54, 1.807) is 42.2 Å². The summed E-state index contributed by atoms with van der Waals surface area (Å²) in [6, 6.07) is 11.4. The third-order valence-electron chi connectivity index (χ3n) is 5.64. The van der Waals surface area contributed by atoms with Gasteiger partial charge in [-0.1, -0.05) is 30.3 Å². The number of aromatic nitrogens is 2. The molecule has 1 aliphatic rings. The molecule has 2 aromatic carbocycles. The number of nitrogens with one attached hydrogen (secondary N) is 1. The van der Waals surface area contributed by atoms with Crippen LogP contribution in [0.25, 0.3) is 0 Å². The third kappa shape index (κ3) is 4.17. The number of imidazole rings is 1. The van der Waals surface area contributed by atoms with Crippen LogP contribution in [0.1, 0.15) is 58.2 Å². The topological polar surface area (TPSA) is 64.0 Å². The highest BCUT2D eigenvalue weighted by Crippen LogP contribution is 2.25. The van der Waals surface area contributed by atoms with Gasteiger partial charge >= 0.3 is 0 Å². The highest BCUT2D eigenvalue weighted by atomic mass is 19.1. The Hall–Kier alpha value is -3.28. The van der Waals surface area contributed by atoms with Crippen LogP contribution in [0.3, 0.4) is 0 Å².